The Bertz CT molecular complexity index is 495. The van der Waals surface area contributed by atoms with Crippen molar-refractivity contribution in [2.45, 2.75) is 0 Å². The first-order valence-corrected chi connectivity index (χ1v) is 12.5. The largest absolute Gasteiger partial charge is 0.332 e. The molecule has 0 saturated carbocycles. The van der Waals surface area contributed by atoms with Gasteiger partial charge in [0.2, 0.25) is 0 Å². The molecule has 0 saturated heterocycles. The van der Waals surface area contributed by atoms with Crippen molar-refractivity contribution in [2.24, 2.45) is 0 Å². The van der Waals surface area contributed by atoms with E-state index < -0.39 is 43.4 Å². The molecular formula is C6H20N2O12P4. The van der Waals surface area contributed by atoms with Crippen LogP contribution in [0.5, 0.6) is 0 Å². The first kappa shape index (κ1) is 24.6. The third-order valence-corrected chi connectivity index (χ3v) is 4.26. The molecule has 0 amide bonds. The molecule has 0 aromatic heterocycles. The monoisotopic (exact) mass is 436 g/mol. The van der Waals surface area contributed by atoms with E-state index in [-0.39, 0.29) is 0 Å². The van der Waals surface area contributed by atoms with Crippen molar-refractivity contribution in [3.05, 3.63) is 0 Å². The minimum Gasteiger partial charge on any atom is -0.332 e. The van der Waals surface area contributed by atoms with E-state index in [9.17, 15) is 0 Å². The van der Waals surface area contributed by atoms with Crippen LogP contribution in [0.15, 0.2) is 0 Å². The highest BCUT2D eigenvalue weighted by Gasteiger charge is 2.16. The lowest BCUT2D eigenvalue weighted by atomic mass is 10.5. The van der Waals surface area contributed by atoms with E-state index in [1.807, 2.05) is 0 Å². The van der Waals surface area contributed by atoms with Crippen molar-refractivity contribution in [1.82, 2.24) is 9.80 Å². The molecule has 0 atom stereocenters. The van der Waals surface area contributed by atoms with Crippen LogP contribution in [-0.2, 0) is 0 Å². The summed E-state index contributed by atoms with van der Waals surface area (Å²) >= 11 is 0. The van der Waals surface area contributed by atoms with Crippen molar-refractivity contribution in [2.75, 3.05) is 13.1 Å². The Balaban J connectivity index is 5.56. The van der Waals surface area contributed by atoms with Gasteiger partial charge in [-0.3, -0.25) is 0 Å². The van der Waals surface area contributed by atoms with Gasteiger partial charge in [-0.2, -0.15) is 0 Å². The summed E-state index contributed by atoms with van der Waals surface area (Å²) in [5, 5.41) is 0. The molecule has 0 aliphatic carbocycles. The van der Waals surface area contributed by atoms with E-state index >= 15 is 0 Å². The molecular weight excluding hydrogens is 416 g/mol. The summed E-state index contributed by atoms with van der Waals surface area (Å²) in [5.74, 6) is 1.28. The van der Waals surface area contributed by atoms with Crippen LogP contribution in [0.2, 0.25) is 0 Å². The fourth-order valence-corrected chi connectivity index (χ4v) is 3.85. The van der Waals surface area contributed by atoms with E-state index in [1.54, 1.807) is 0 Å². The second-order valence-electron chi connectivity index (χ2n) is 4.40. The lowest BCUT2D eigenvalue weighted by Gasteiger charge is -2.22. The summed E-state index contributed by atoms with van der Waals surface area (Å²) in [6.45, 7) is -1.08. The van der Waals surface area contributed by atoms with Crippen molar-refractivity contribution >= 4 is 53.9 Å². The highest BCUT2D eigenvalue weighted by molar-refractivity contribution is 7.60. The summed E-state index contributed by atoms with van der Waals surface area (Å²) in [7, 11) is -18.3. The number of hydrogen-bond acceptors (Lipinski definition) is 12. The molecule has 0 rings (SSSR count). The molecule has 0 spiro atoms. The molecule has 0 bridgehead atoms. The third-order valence-electron chi connectivity index (χ3n) is 1.83. The van der Waals surface area contributed by atoms with Crippen LogP contribution in [0.25, 0.3) is 0 Å². The van der Waals surface area contributed by atoms with E-state index in [0.29, 0.717) is 33.5 Å². The summed E-state index contributed by atoms with van der Waals surface area (Å²) in [4.78, 5) is 108. The number of nitrogens with zero attached hydrogens (tertiary/aromatic N) is 2. The molecule has 0 heterocycles. The van der Waals surface area contributed by atoms with Gasteiger partial charge in [-0.1, -0.05) is 0 Å². The van der Waals surface area contributed by atoms with E-state index in [4.69, 9.17) is 58.7 Å². The first-order chi connectivity index (χ1) is 10.4. The highest BCUT2D eigenvalue weighted by atomic mass is 31.2. The van der Waals surface area contributed by atoms with Crippen LogP contribution in [0, 0.1) is 0 Å². The minimum absolute atomic E-state index is 0.320. The molecule has 0 aromatic carbocycles. The summed E-state index contributed by atoms with van der Waals surface area (Å²) in [6, 6.07) is 0. The Morgan fingerprint density at radius 2 is 0.583 bits per heavy atom. The Labute approximate surface area is 136 Å². The summed E-state index contributed by atoms with van der Waals surface area (Å²) in [5.41, 5.74) is 0. The van der Waals surface area contributed by atoms with Crippen LogP contribution in [0.1, 0.15) is 0 Å². The molecule has 0 aromatic rings. The zero-order chi connectivity index (χ0) is 19.4. The Morgan fingerprint density at radius 1 is 0.417 bits per heavy atom. The molecule has 0 aliphatic heterocycles. The van der Waals surface area contributed by atoms with Gasteiger partial charge in [0.25, 0.3) is 30.3 Å². The van der Waals surface area contributed by atoms with Crippen molar-refractivity contribution in [3.63, 3.8) is 0 Å². The Hall–Kier alpha value is 0.640. The quantitative estimate of drug-likeness (QED) is 0.168. The van der Waals surface area contributed by atoms with Crippen LogP contribution >= 0.6 is 30.3 Å². The predicted octanol–water partition coefficient (Wildman–Crippen LogP) is -4.41. The fourth-order valence-electron chi connectivity index (χ4n) is 1.32. The van der Waals surface area contributed by atoms with Gasteiger partial charge >= 0.3 is 0 Å². The Kier molecular flexibility index (Phi) is 9.27. The van der Waals surface area contributed by atoms with Gasteiger partial charge in [0, 0.05) is 13.1 Å². The fraction of sp³-hybridized carbons (Fsp3) is 0.333. The first-order valence-electron chi connectivity index (χ1n) is 5.60. The summed E-state index contributed by atoms with van der Waals surface area (Å²) < 4.78 is 0. The van der Waals surface area contributed by atoms with Gasteiger partial charge in [0.05, 0.1) is 23.7 Å². The smallest absolute Gasteiger partial charge is 0.261 e. The minimum atomic E-state index is -4.57. The second-order valence-corrected chi connectivity index (χ2v) is 10.2. The lowest BCUT2D eigenvalue weighted by Crippen LogP contribution is -2.33. The van der Waals surface area contributed by atoms with Gasteiger partial charge in [0.15, 0.2) is 0 Å². The Morgan fingerprint density at radius 3 is 0.708 bits per heavy atom. The van der Waals surface area contributed by atoms with Crippen molar-refractivity contribution in [1.29, 1.82) is 0 Å². The molecule has 12 N–H and O–H groups in total. The standard InChI is InChI=1S/C6H20N2O12P4/c9-21(10,11)3-7(4-22(12,13)14)1-2-8(5-23(15,16)17)6-24(18,19)20/h3-6,9-20H,1-2H2. The topological polar surface area (TPSA) is 249 Å². The summed E-state index contributed by atoms with van der Waals surface area (Å²) in [6.07, 6.45) is 0. The molecule has 0 unspecified atom stereocenters. The van der Waals surface area contributed by atoms with Gasteiger partial charge in [-0.25, -0.2) is 9.80 Å². The molecule has 18 heteroatoms. The van der Waals surface area contributed by atoms with Crippen molar-refractivity contribution in [3.8, 4) is 0 Å². The lowest BCUT2D eigenvalue weighted by molar-refractivity contribution is 0.350. The average molecular weight is 436 g/mol. The van der Waals surface area contributed by atoms with Crippen molar-refractivity contribution < 1.29 is 58.7 Å². The molecule has 14 nitrogen and oxygen atoms in total. The zero-order valence-corrected chi connectivity index (χ0v) is 15.4. The van der Waals surface area contributed by atoms with Crippen LogP contribution in [0.3, 0.4) is 0 Å². The molecule has 146 valence electrons. The zero-order valence-electron chi connectivity index (χ0n) is 11.8. The number of hydrogen-bond donors (Lipinski definition) is 12. The van der Waals surface area contributed by atoms with Gasteiger partial charge in [-0.15, -0.1) is 0 Å². The molecule has 0 fully saturated rings. The number of rotatable bonds is 7. The van der Waals surface area contributed by atoms with Crippen LogP contribution < -0.4 is 0 Å². The van der Waals surface area contributed by atoms with Crippen LogP contribution in [0.4, 0.5) is 0 Å². The maximum atomic E-state index is 8.94. The second kappa shape index (κ2) is 9.03. The van der Waals surface area contributed by atoms with E-state index in [0.717, 1.165) is 0 Å². The third kappa shape index (κ3) is 16.1. The normalized spacial score (nSPS) is 14.1. The maximum Gasteiger partial charge on any atom is 0.261 e. The average Bonchev–Trinajstić information content (AvgIpc) is 2.16. The molecule has 0 radical (unpaired) electrons. The highest BCUT2D eigenvalue weighted by Crippen LogP contribution is 2.34. The SMILES string of the molecule is OP(O)(O)=CN(C=P(O)(O)O)CCN(C=P(O)(O)O)C=P(O)(O)O. The van der Waals surface area contributed by atoms with E-state index in [1.165, 1.54) is 0 Å². The van der Waals surface area contributed by atoms with Crippen LogP contribution in [-0.4, -0.2) is 105 Å². The maximum absolute atomic E-state index is 8.94. The predicted molar refractivity (Wildman–Crippen MR) is 92.0 cm³/mol. The van der Waals surface area contributed by atoms with Gasteiger partial charge in [0.1, 0.15) is 0 Å². The molecule has 0 aliphatic rings. The van der Waals surface area contributed by atoms with E-state index in [2.05, 4.69) is 0 Å². The van der Waals surface area contributed by atoms with Gasteiger partial charge in [-0.05, 0) is 0 Å². The van der Waals surface area contributed by atoms with Gasteiger partial charge < -0.3 is 58.7 Å². The molecule has 24 heavy (non-hydrogen) atoms.